The van der Waals surface area contributed by atoms with Gasteiger partial charge in [-0.2, -0.15) is 0 Å². The molecule has 0 aliphatic heterocycles. The minimum atomic E-state index is -0.135. The standard InChI is InChI=1S/C15H16FNS/c1-17-10-13-7-8-15(14(16)9-13)18-11-12-5-3-2-4-6-12/h2-9,17H,10-11H2,1H3. The molecule has 0 fully saturated rings. The van der Waals surface area contributed by atoms with Crippen molar-refractivity contribution in [1.29, 1.82) is 0 Å². The quantitative estimate of drug-likeness (QED) is 0.821. The van der Waals surface area contributed by atoms with E-state index in [9.17, 15) is 4.39 Å². The number of rotatable bonds is 5. The van der Waals surface area contributed by atoms with Crippen molar-refractivity contribution in [2.24, 2.45) is 0 Å². The molecule has 2 aromatic carbocycles. The van der Waals surface area contributed by atoms with Gasteiger partial charge in [-0.1, -0.05) is 36.4 Å². The van der Waals surface area contributed by atoms with Crippen LogP contribution >= 0.6 is 11.8 Å². The first-order valence-electron chi connectivity index (χ1n) is 5.89. The van der Waals surface area contributed by atoms with Crippen LogP contribution < -0.4 is 5.32 Å². The van der Waals surface area contributed by atoms with E-state index in [2.05, 4.69) is 17.4 Å². The molecule has 3 heteroatoms. The summed E-state index contributed by atoms with van der Waals surface area (Å²) in [6, 6.07) is 15.5. The molecule has 2 aromatic rings. The Bertz CT molecular complexity index is 499. The summed E-state index contributed by atoms with van der Waals surface area (Å²) >= 11 is 1.53. The molecule has 0 aliphatic carbocycles. The van der Waals surface area contributed by atoms with Crippen LogP contribution in [0.4, 0.5) is 4.39 Å². The summed E-state index contributed by atoms with van der Waals surface area (Å²) in [7, 11) is 1.86. The summed E-state index contributed by atoms with van der Waals surface area (Å²) in [5, 5.41) is 3.02. The second-order valence-corrected chi connectivity index (χ2v) is 5.09. The summed E-state index contributed by atoms with van der Waals surface area (Å²) < 4.78 is 13.8. The fourth-order valence-electron chi connectivity index (χ4n) is 1.71. The second kappa shape index (κ2) is 6.57. The molecule has 0 aliphatic rings. The predicted molar refractivity (Wildman–Crippen MR) is 75.2 cm³/mol. The molecule has 94 valence electrons. The summed E-state index contributed by atoms with van der Waals surface area (Å²) in [6.45, 7) is 0.695. The highest BCUT2D eigenvalue weighted by atomic mass is 32.2. The number of thioether (sulfide) groups is 1. The molecule has 1 N–H and O–H groups in total. The summed E-state index contributed by atoms with van der Waals surface area (Å²) in [5.41, 5.74) is 2.18. The zero-order valence-corrected chi connectivity index (χ0v) is 11.1. The van der Waals surface area contributed by atoms with Gasteiger partial charge >= 0.3 is 0 Å². The van der Waals surface area contributed by atoms with E-state index in [4.69, 9.17) is 0 Å². The van der Waals surface area contributed by atoms with Gasteiger partial charge in [-0.15, -0.1) is 11.8 Å². The molecule has 2 rings (SSSR count). The lowest BCUT2D eigenvalue weighted by Gasteiger charge is -2.06. The summed E-state index contributed by atoms with van der Waals surface area (Å²) in [5.74, 6) is 0.659. The minimum absolute atomic E-state index is 0.135. The number of nitrogens with one attached hydrogen (secondary N) is 1. The minimum Gasteiger partial charge on any atom is -0.316 e. The van der Waals surface area contributed by atoms with E-state index in [0.717, 1.165) is 11.3 Å². The fourth-order valence-corrected chi connectivity index (χ4v) is 2.59. The van der Waals surface area contributed by atoms with Crippen LogP contribution in [0.25, 0.3) is 0 Å². The lowest BCUT2D eigenvalue weighted by Crippen LogP contribution is -2.05. The maximum Gasteiger partial charge on any atom is 0.137 e. The number of hydrogen-bond donors (Lipinski definition) is 1. The van der Waals surface area contributed by atoms with Crippen LogP contribution in [-0.2, 0) is 12.3 Å². The molecule has 0 amide bonds. The maximum atomic E-state index is 13.8. The highest BCUT2D eigenvalue weighted by molar-refractivity contribution is 7.98. The van der Waals surface area contributed by atoms with Gasteiger partial charge in [0, 0.05) is 17.2 Å². The average Bonchev–Trinajstić information content (AvgIpc) is 2.39. The Hall–Kier alpha value is -1.32. The molecule has 0 atom stereocenters. The molecule has 0 saturated carbocycles. The monoisotopic (exact) mass is 261 g/mol. The highest BCUT2D eigenvalue weighted by Crippen LogP contribution is 2.26. The largest absolute Gasteiger partial charge is 0.316 e. The molecule has 0 radical (unpaired) electrons. The summed E-state index contributed by atoms with van der Waals surface area (Å²) in [4.78, 5) is 0.707. The van der Waals surface area contributed by atoms with E-state index in [0.29, 0.717) is 11.4 Å². The Morgan fingerprint density at radius 2 is 1.83 bits per heavy atom. The maximum absolute atomic E-state index is 13.8. The van der Waals surface area contributed by atoms with Crippen LogP contribution in [-0.4, -0.2) is 7.05 Å². The van der Waals surface area contributed by atoms with Gasteiger partial charge in [-0.05, 0) is 30.3 Å². The van der Waals surface area contributed by atoms with Crippen molar-refractivity contribution in [3.63, 3.8) is 0 Å². The van der Waals surface area contributed by atoms with Gasteiger partial charge in [0.1, 0.15) is 5.82 Å². The Kier molecular flexibility index (Phi) is 4.79. The zero-order chi connectivity index (χ0) is 12.8. The van der Waals surface area contributed by atoms with Crippen molar-refractivity contribution in [3.05, 3.63) is 65.5 Å². The van der Waals surface area contributed by atoms with E-state index >= 15 is 0 Å². The fraction of sp³-hybridized carbons (Fsp3) is 0.200. The molecule has 0 saturated heterocycles. The van der Waals surface area contributed by atoms with Crippen LogP contribution in [0.3, 0.4) is 0 Å². The molecule has 1 nitrogen and oxygen atoms in total. The van der Waals surface area contributed by atoms with Gasteiger partial charge in [-0.25, -0.2) is 4.39 Å². The second-order valence-electron chi connectivity index (χ2n) is 4.07. The molecule has 18 heavy (non-hydrogen) atoms. The average molecular weight is 261 g/mol. The predicted octanol–water partition coefficient (Wildman–Crippen LogP) is 3.84. The normalized spacial score (nSPS) is 10.6. The SMILES string of the molecule is CNCc1ccc(SCc2ccccc2)c(F)c1. The van der Waals surface area contributed by atoms with E-state index in [1.807, 2.05) is 37.4 Å². The first kappa shape index (κ1) is 13.1. The molecule has 0 spiro atoms. The first-order valence-corrected chi connectivity index (χ1v) is 6.88. The van der Waals surface area contributed by atoms with Gasteiger partial charge in [0.05, 0.1) is 0 Å². The van der Waals surface area contributed by atoms with Crippen LogP contribution in [0.5, 0.6) is 0 Å². The van der Waals surface area contributed by atoms with Crippen LogP contribution in [0.1, 0.15) is 11.1 Å². The third kappa shape index (κ3) is 3.59. The van der Waals surface area contributed by atoms with Crippen LogP contribution in [0.15, 0.2) is 53.4 Å². The van der Waals surface area contributed by atoms with Crippen molar-refractivity contribution < 1.29 is 4.39 Å². The molecule has 0 unspecified atom stereocenters. The molecular formula is C15H16FNS. The van der Waals surface area contributed by atoms with Crippen LogP contribution in [0, 0.1) is 5.82 Å². The number of benzene rings is 2. The zero-order valence-electron chi connectivity index (χ0n) is 10.3. The third-order valence-electron chi connectivity index (χ3n) is 2.61. The van der Waals surface area contributed by atoms with E-state index in [1.54, 1.807) is 6.07 Å². The Morgan fingerprint density at radius 1 is 1.06 bits per heavy atom. The first-order chi connectivity index (χ1) is 8.79. The molecule has 0 heterocycles. The smallest absolute Gasteiger partial charge is 0.137 e. The van der Waals surface area contributed by atoms with Crippen molar-refractivity contribution in [3.8, 4) is 0 Å². The van der Waals surface area contributed by atoms with Gasteiger partial charge in [0.25, 0.3) is 0 Å². The van der Waals surface area contributed by atoms with Gasteiger partial charge in [0.2, 0.25) is 0 Å². The van der Waals surface area contributed by atoms with Gasteiger partial charge in [0.15, 0.2) is 0 Å². The Balaban J connectivity index is 2.01. The Morgan fingerprint density at radius 3 is 2.50 bits per heavy atom. The third-order valence-corrected chi connectivity index (χ3v) is 3.73. The van der Waals surface area contributed by atoms with Crippen molar-refractivity contribution in [1.82, 2.24) is 5.32 Å². The number of hydrogen-bond acceptors (Lipinski definition) is 2. The van der Waals surface area contributed by atoms with E-state index in [-0.39, 0.29) is 5.82 Å². The lowest BCUT2D eigenvalue weighted by atomic mass is 10.2. The lowest BCUT2D eigenvalue weighted by molar-refractivity contribution is 0.598. The van der Waals surface area contributed by atoms with Crippen molar-refractivity contribution in [2.75, 3.05) is 7.05 Å². The molecule has 0 aromatic heterocycles. The van der Waals surface area contributed by atoms with Crippen molar-refractivity contribution in [2.45, 2.75) is 17.2 Å². The summed E-state index contributed by atoms with van der Waals surface area (Å²) in [6.07, 6.45) is 0. The topological polar surface area (TPSA) is 12.0 Å². The molecule has 0 bridgehead atoms. The van der Waals surface area contributed by atoms with Crippen molar-refractivity contribution >= 4 is 11.8 Å². The van der Waals surface area contributed by atoms with E-state index < -0.39 is 0 Å². The van der Waals surface area contributed by atoms with Crippen LogP contribution in [0.2, 0.25) is 0 Å². The van der Waals surface area contributed by atoms with Gasteiger partial charge in [-0.3, -0.25) is 0 Å². The highest BCUT2D eigenvalue weighted by Gasteiger charge is 2.04. The Labute approximate surface area is 111 Å². The number of halogens is 1. The van der Waals surface area contributed by atoms with Gasteiger partial charge < -0.3 is 5.32 Å². The molecular weight excluding hydrogens is 245 g/mol. The van der Waals surface area contributed by atoms with E-state index in [1.165, 1.54) is 17.3 Å².